The lowest BCUT2D eigenvalue weighted by molar-refractivity contribution is -0.122. The van der Waals surface area contributed by atoms with E-state index in [9.17, 15) is 4.79 Å². The molecule has 154 valence electrons. The Morgan fingerprint density at radius 3 is 2.30 bits per heavy atom. The third-order valence-electron chi connectivity index (χ3n) is 3.83. The Morgan fingerprint density at radius 2 is 1.81 bits per heavy atom. The standard InChI is InChI=1S/C20H35N5O.HI/c1-9-21-19(25(8)14-18(26)23-20(3,4)5)22-13-16-10-11-17(24(6)7)12-15(16)2;/h10-12H,9,13-14H2,1-8H3,(H,21,22)(H,23,26);1H. The maximum absolute atomic E-state index is 12.2. The highest BCUT2D eigenvalue weighted by atomic mass is 127. The number of aryl methyl sites for hydroxylation is 1. The van der Waals surface area contributed by atoms with Crippen LogP contribution in [-0.2, 0) is 11.3 Å². The fourth-order valence-corrected chi connectivity index (χ4v) is 2.51. The molecule has 0 saturated heterocycles. The molecule has 0 bridgehead atoms. The molecule has 1 amide bonds. The minimum atomic E-state index is -0.237. The Hall–Kier alpha value is -1.51. The van der Waals surface area contributed by atoms with Crippen LogP contribution in [-0.4, -0.2) is 56.5 Å². The maximum Gasteiger partial charge on any atom is 0.240 e. The first-order valence-electron chi connectivity index (χ1n) is 9.10. The Balaban J connectivity index is 0.00000676. The topological polar surface area (TPSA) is 60.0 Å². The lowest BCUT2D eigenvalue weighted by Crippen LogP contribution is -2.48. The summed E-state index contributed by atoms with van der Waals surface area (Å²) in [6, 6.07) is 6.38. The van der Waals surface area contributed by atoms with E-state index in [0.717, 1.165) is 12.5 Å². The predicted octanol–water partition coefficient (Wildman–Crippen LogP) is 2.99. The molecule has 0 fully saturated rings. The number of carbonyl (C=O) groups excluding carboxylic acids is 1. The van der Waals surface area contributed by atoms with Crippen molar-refractivity contribution < 1.29 is 4.79 Å². The molecule has 2 N–H and O–H groups in total. The van der Waals surface area contributed by atoms with Crippen molar-refractivity contribution >= 4 is 41.5 Å². The van der Waals surface area contributed by atoms with Gasteiger partial charge in [-0.3, -0.25) is 4.79 Å². The van der Waals surface area contributed by atoms with Gasteiger partial charge in [0.05, 0.1) is 13.1 Å². The average molecular weight is 489 g/mol. The summed E-state index contributed by atoms with van der Waals surface area (Å²) >= 11 is 0. The van der Waals surface area contributed by atoms with Crippen molar-refractivity contribution in [3.63, 3.8) is 0 Å². The molecule has 6 nitrogen and oxygen atoms in total. The first-order valence-corrected chi connectivity index (χ1v) is 9.10. The Labute approximate surface area is 181 Å². The zero-order valence-electron chi connectivity index (χ0n) is 18.0. The summed E-state index contributed by atoms with van der Waals surface area (Å²) in [5.41, 5.74) is 3.33. The van der Waals surface area contributed by atoms with Crippen LogP contribution in [0.3, 0.4) is 0 Å². The Morgan fingerprint density at radius 1 is 1.19 bits per heavy atom. The smallest absolute Gasteiger partial charge is 0.240 e. The third-order valence-corrected chi connectivity index (χ3v) is 3.83. The molecule has 0 spiro atoms. The van der Waals surface area contributed by atoms with Crippen LogP contribution in [0.4, 0.5) is 5.69 Å². The van der Waals surface area contributed by atoms with Gasteiger partial charge in [0, 0.05) is 38.9 Å². The van der Waals surface area contributed by atoms with Crippen molar-refractivity contribution in [2.45, 2.75) is 46.7 Å². The zero-order chi connectivity index (χ0) is 19.9. The molecule has 0 aliphatic carbocycles. The van der Waals surface area contributed by atoms with Crippen LogP contribution in [0.2, 0.25) is 0 Å². The summed E-state index contributed by atoms with van der Waals surface area (Å²) in [6.07, 6.45) is 0. The fraction of sp³-hybridized carbons (Fsp3) is 0.600. The van der Waals surface area contributed by atoms with Crippen LogP contribution < -0.4 is 15.5 Å². The van der Waals surface area contributed by atoms with Gasteiger partial charge < -0.3 is 20.4 Å². The summed E-state index contributed by atoms with van der Waals surface area (Å²) in [4.78, 5) is 20.8. The summed E-state index contributed by atoms with van der Waals surface area (Å²) in [6.45, 7) is 11.7. The molecular weight excluding hydrogens is 453 g/mol. The number of guanidine groups is 1. The molecule has 0 aromatic heterocycles. The largest absolute Gasteiger partial charge is 0.378 e. The van der Waals surface area contributed by atoms with Gasteiger partial charge in [0.1, 0.15) is 0 Å². The molecule has 1 aromatic rings. The molecule has 0 saturated carbocycles. The lowest BCUT2D eigenvalue weighted by Gasteiger charge is -2.25. The quantitative estimate of drug-likeness (QED) is 0.367. The minimum absolute atomic E-state index is 0. The normalized spacial score (nSPS) is 11.5. The number of nitrogens with one attached hydrogen (secondary N) is 2. The third kappa shape index (κ3) is 9.30. The second-order valence-electron chi connectivity index (χ2n) is 7.83. The second-order valence-corrected chi connectivity index (χ2v) is 7.83. The fourth-order valence-electron chi connectivity index (χ4n) is 2.51. The van der Waals surface area contributed by atoms with Crippen LogP contribution in [0.5, 0.6) is 0 Å². The molecule has 7 heteroatoms. The molecule has 0 unspecified atom stereocenters. The van der Waals surface area contributed by atoms with E-state index in [2.05, 4.69) is 40.7 Å². The second kappa shape index (κ2) is 11.4. The number of halogens is 1. The van der Waals surface area contributed by atoms with Crippen LogP contribution in [0.25, 0.3) is 0 Å². The molecule has 0 aliphatic heterocycles. The molecule has 0 radical (unpaired) electrons. The van der Waals surface area contributed by atoms with Crippen LogP contribution in [0, 0.1) is 6.92 Å². The first-order chi connectivity index (χ1) is 12.0. The molecule has 0 heterocycles. The number of amides is 1. The van der Waals surface area contributed by atoms with Crippen molar-refractivity contribution in [2.24, 2.45) is 4.99 Å². The van der Waals surface area contributed by atoms with Gasteiger partial charge in [-0.05, 0) is 57.9 Å². The van der Waals surface area contributed by atoms with Crippen molar-refractivity contribution in [1.82, 2.24) is 15.5 Å². The van der Waals surface area contributed by atoms with Crippen LogP contribution >= 0.6 is 24.0 Å². The zero-order valence-corrected chi connectivity index (χ0v) is 20.3. The number of anilines is 1. The maximum atomic E-state index is 12.2. The lowest BCUT2D eigenvalue weighted by atomic mass is 10.1. The van der Waals surface area contributed by atoms with Crippen LogP contribution in [0.15, 0.2) is 23.2 Å². The Kier molecular flexibility index (Phi) is 10.7. The van der Waals surface area contributed by atoms with E-state index < -0.39 is 0 Å². The van der Waals surface area contributed by atoms with E-state index in [1.807, 2.05) is 53.7 Å². The SMILES string of the molecule is CCNC(=NCc1ccc(N(C)C)cc1C)N(C)CC(=O)NC(C)(C)C.I. The number of benzene rings is 1. The highest BCUT2D eigenvalue weighted by molar-refractivity contribution is 14.0. The van der Waals surface area contributed by atoms with E-state index in [0.29, 0.717) is 6.54 Å². The molecular formula is C20H36IN5O. The van der Waals surface area contributed by atoms with Gasteiger partial charge in [-0.1, -0.05) is 6.07 Å². The number of likely N-dealkylation sites (N-methyl/N-ethyl adjacent to an activating group) is 1. The number of hydrogen-bond donors (Lipinski definition) is 2. The summed E-state index contributed by atoms with van der Waals surface area (Å²) in [7, 11) is 5.95. The van der Waals surface area contributed by atoms with E-state index >= 15 is 0 Å². The number of aliphatic imine (C=N–C) groups is 1. The molecule has 27 heavy (non-hydrogen) atoms. The van der Waals surface area contributed by atoms with Gasteiger partial charge in [-0.15, -0.1) is 24.0 Å². The highest BCUT2D eigenvalue weighted by Crippen LogP contribution is 2.18. The van der Waals surface area contributed by atoms with Crippen molar-refractivity contribution in [3.8, 4) is 0 Å². The van der Waals surface area contributed by atoms with E-state index in [1.54, 1.807) is 0 Å². The summed E-state index contributed by atoms with van der Waals surface area (Å²) < 4.78 is 0. The summed E-state index contributed by atoms with van der Waals surface area (Å²) in [5, 5.41) is 6.24. The van der Waals surface area contributed by atoms with Crippen molar-refractivity contribution in [1.29, 1.82) is 0 Å². The molecule has 1 rings (SSSR count). The first kappa shape index (κ1) is 25.5. The minimum Gasteiger partial charge on any atom is -0.378 e. The number of rotatable bonds is 6. The van der Waals surface area contributed by atoms with Crippen molar-refractivity contribution in [2.75, 3.05) is 39.1 Å². The molecule has 1 aromatic carbocycles. The molecule has 0 aliphatic rings. The molecule has 0 atom stereocenters. The number of nitrogens with zero attached hydrogens (tertiary/aromatic N) is 3. The highest BCUT2D eigenvalue weighted by Gasteiger charge is 2.16. The van der Waals surface area contributed by atoms with Gasteiger partial charge in [-0.2, -0.15) is 0 Å². The van der Waals surface area contributed by atoms with Crippen molar-refractivity contribution in [3.05, 3.63) is 29.3 Å². The van der Waals surface area contributed by atoms with Gasteiger partial charge in [0.25, 0.3) is 0 Å². The number of carbonyl (C=O) groups is 1. The summed E-state index contributed by atoms with van der Waals surface area (Å²) in [5.74, 6) is 0.713. The van der Waals surface area contributed by atoms with Gasteiger partial charge in [0.2, 0.25) is 5.91 Å². The van der Waals surface area contributed by atoms with Gasteiger partial charge >= 0.3 is 0 Å². The average Bonchev–Trinajstić information content (AvgIpc) is 2.50. The number of hydrogen-bond acceptors (Lipinski definition) is 3. The Bertz CT molecular complexity index is 638. The van der Waals surface area contributed by atoms with Gasteiger partial charge in [-0.25, -0.2) is 4.99 Å². The van der Waals surface area contributed by atoms with Crippen LogP contribution in [0.1, 0.15) is 38.8 Å². The monoisotopic (exact) mass is 489 g/mol. The van der Waals surface area contributed by atoms with Gasteiger partial charge in [0.15, 0.2) is 5.96 Å². The van der Waals surface area contributed by atoms with E-state index in [4.69, 9.17) is 4.99 Å². The predicted molar refractivity (Wildman–Crippen MR) is 126 cm³/mol. The van der Waals surface area contributed by atoms with E-state index in [-0.39, 0.29) is 42.0 Å². The van der Waals surface area contributed by atoms with E-state index in [1.165, 1.54) is 16.8 Å².